The first kappa shape index (κ1) is 17.1. The molecule has 0 radical (unpaired) electrons. The quantitative estimate of drug-likeness (QED) is 0.745. The number of carboxylic acids is 1. The highest BCUT2D eigenvalue weighted by atomic mass is 32.2. The normalized spacial score (nSPS) is 12.7. The van der Waals surface area contributed by atoms with Crippen LogP contribution in [-0.2, 0) is 19.6 Å². The predicted octanol–water partition coefficient (Wildman–Crippen LogP) is 0.144. The van der Waals surface area contributed by atoms with Crippen LogP contribution in [0.2, 0.25) is 0 Å². The SMILES string of the molecule is CC(CN(C)C(=O)CNS(=O)(=O)c1ccccc1)C(=O)O. The molecule has 21 heavy (non-hydrogen) atoms. The van der Waals surface area contributed by atoms with Crippen molar-refractivity contribution >= 4 is 21.9 Å². The molecule has 116 valence electrons. The van der Waals surface area contributed by atoms with Crippen LogP contribution in [0, 0.1) is 5.92 Å². The van der Waals surface area contributed by atoms with Gasteiger partial charge in [0.25, 0.3) is 0 Å². The molecule has 8 heteroatoms. The lowest BCUT2D eigenvalue weighted by Crippen LogP contribution is -2.40. The molecule has 2 N–H and O–H groups in total. The van der Waals surface area contributed by atoms with E-state index in [-0.39, 0.29) is 11.4 Å². The number of nitrogens with one attached hydrogen (secondary N) is 1. The number of nitrogens with zero attached hydrogens (tertiary/aromatic N) is 1. The summed E-state index contributed by atoms with van der Waals surface area (Å²) < 4.78 is 26.0. The number of likely N-dealkylation sites (N-methyl/N-ethyl adjacent to an activating group) is 1. The van der Waals surface area contributed by atoms with E-state index in [4.69, 9.17) is 5.11 Å². The van der Waals surface area contributed by atoms with Crippen LogP contribution in [0.4, 0.5) is 0 Å². The van der Waals surface area contributed by atoms with Crippen molar-refractivity contribution in [1.29, 1.82) is 0 Å². The van der Waals surface area contributed by atoms with Gasteiger partial charge < -0.3 is 10.0 Å². The standard InChI is InChI=1S/C13H18N2O5S/c1-10(13(17)18)9-15(2)12(16)8-14-21(19,20)11-6-4-3-5-7-11/h3-7,10,14H,8-9H2,1-2H3,(H,17,18). The molecule has 7 nitrogen and oxygen atoms in total. The molecular weight excluding hydrogens is 296 g/mol. The van der Waals surface area contributed by atoms with Gasteiger partial charge >= 0.3 is 5.97 Å². The smallest absolute Gasteiger partial charge is 0.308 e. The second-order valence-corrected chi connectivity index (χ2v) is 6.42. The van der Waals surface area contributed by atoms with E-state index in [1.54, 1.807) is 18.2 Å². The van der Waals surface area contributed by atoms with E-state index in [1.165, 1.54) is 31.0 Å². The van der Waals surface area contributed by atoms with Crippen molar-refractivity contribution in [2.75, 3.05) is 20.1 Å². The Morgan fingerprint density at radius 1 is 1.29 bits per heavy atom. The van der Waals surface area contributed by atoms with Gasteiger partial charge in [-0.1, -0.05) is 25.1 Å². The summed E-state index contributed by atoms with van der Waals surface area (Å²) in [5.74, 6) is -2.23. The zero-order chi connectivity index (χ0) is 16.0. The summed E-state index contributed by atoms with van der Waals surface area (Å²) in [6.45, 7) is 1.07. The fourth-order valence-electron chi connectivity index (χ4n) is 1.57. The van der Waals surface area contributed by atoms with Crippen molar-refractivity contribution in [2.45, 2.75) is 11.8 Å². The van der Waals surface area contributed by atoms with Crippen molar-refractivity contribution < 1.29 is 23.1 Å². The molecular formula is C13H18N2O5S. The molecule has 0 bridgehead atoms. The highest BCUT2D eigenvalue weighted by molar-refractivity contribution is 7.89. The Bertz CT molecular complexity index is 600. The average molecular weight is 314 g/mol. The Morgan fingerprint density at radius 3 is 2.38 bits per heavy atom. The molecule has 0 aliphatic rings. The van der Waals surface area contributed by atoms with Crippen molar-refractivity contribution in [1.82, 2.24) is 9.62 Å². The van der Waals surface area contributed by atoms with Crippen molar-refractivity contribution in [3.63, 3.8) is 0 Å². The molecule has 0 heterocycles. The Hall–Kier alpha value is -1.93. The van der Waals surface area contributed by atoms with Gasteiger partial charge in [0.15, 0.2) is 0 Å². The maximum Gasteiger partial charge on any atom is 0.308 e. The van der Waals surface area contributed by atoms with E-state index in [9.17, 15) is 18.0 Å². The number of aliphatic carboxylic acids is 1. The summed E-state index contributed by atoms with van der Waals surface area (Å²) in [7, 11) is -2.32. The number of hydrogen-bond donors (Lipinski definition) is 2. The Kier molecular flexibility index (Phi) is 5.86. The maximum atomic E-state index is 11.9. The number of benzene rings is 1. The number of carboxylic acid groups (broad SMARTS) is 1. The van der Waals surface area contributed by atoms with Gasteiger partial charge in [0.2, 0.25) is 15.9 Å². The highest BCUT2D eigenvalue weighted by Gasteiger charge is 2.20. The molecule has 1 aromatic carbocycles. The van der Waals surface area contributed by atoms with Gasteiger partial charge in [0.1, 0.15) is 0 Å². The van der Waals surface area contributed by atoms with E-state index >= 15 is 0 Å². The zero-order valence-electron chi connectivity index (χ0n) is 11.8. The van der Waals surface area contributed by atoms with Gasteiger partial charge in [-0.2, -0.15) is 0 Å². The van der Waals surface area contributed by atoms with Crippen LogP contribution < -0.4 is 4.72 Å². The van der Waals surface area contributed by atoms with Crippen LogP contribution in [0.5, 0.6) is 0 Å². The lowest BCUT2D eigenvalue weighted by atomic mass is 10.2. The van der Waals surface area contributed by atoms with E-state index in [2.05, 4.69) is 4.72 Å². The first-order chi connectivity index (χ1) is 9.74. The molecule has 1 atom stereocenters. The van der Waals surface area contributed by atoms with Gasteiger partial charge in [-0.05, 0) is 12.1 Å². The van der Waals surface area contributed by atoms with Crippen LogP contribution >= 0.6 is 0 Å². The van der Waals surface area contributed by atoms with Gasteiger partial charge in [-0.25, -0.2) is 13.1 Å². The van der Waals surface area contributed by atoms with Crippen LogP contribution in [0.25, 0.3) is 0 Å². The average Bonchev–Trinajstić information content (AvgIpc) is 2.45. The fraction of sp³-hybridized carbons (Fsp3) is 0.385. The number of sulfonamides is 1. The molecule has 0 saturated carbocycles. The molecule has 0 aromatic heterocycles. The van der Waals surface area contributed by atoms with Gasteiger partial charge in [0, 0.05) is 13.6 Å². The molecule has 0 aliphatic carbocycles. The zero-order valence-corrected chi connectivity index (χ0v) is 12.6. The van der Waals surface area contributed by atoms with Crippen molar-refractivity contribution in [3.05, 3.63) is 30.3 Å². The van der Waals surface area contributed by atoms with Crippen molar-refractivity contribution in [3.8, 4) is 0 Å². The molecule has 1 amide bonds. The fourth-order valence-corrected chi connectivity index (χ4v) is 2.56. The van der Waals surface area contributed by atoms with Crippen LogP contribution in [0.15, 0.2) is 35.2 Å². The summed E-state index contributed by atoms with van der Waals surface area (Å²) in [5, 5.41) is 8.77. The second kappa shape index (κ2) is 7.19. The Labute approximate surface area is 123 Å². The Morgan fingerprint density at radius 2 is 1.86 bits per heavy atom. The van der Waals surface area contributed by atoms with Gasteiger partial charge in [0.05, 0.1) is 17.4 Å². The van der Waals surface area contributed by atoms with Crippen LogP contribution in [0.3, 0.4) is 0 Å². The minimum atomic E-state index is -3.75. The molecule has 1 rings (SSSR count). The maximum absolute atomic E-state index is 11.9. The van der Waals surface area contributed by atoms with Crippen molar-refractivity contribution in [2.24, 2.45) is 5.92 Å². The van der Waals surface area contributed by atoms with E-state index in [0.717, 1.165) is 0 Å². The monoisotopic (exact) mass is 314 g/mol. The minimum Gasteiger partial charge on any atom is -0.481 e. The minimum absolute atomic E-state index is 0.0151. The number of hydrogen-bond acceptors (Lipinski definition) is 4. The number of carbonyl (C=O) groups excluding carboxylic acids is 1. The Balaban J connectivity index is 2.59. The first-order valence-corrected chi connectivity index (χ1v) is 7.74. The topological polar surface area (TPSA) is 104 Å². The lowest BCUT2D eigenvalue weighted by Gasteiger charge is -2.19. The summed E-state index contributed by atoms with van der Waals surface area (Å²) in [6, 6.07) is 7.69. The van der Waals surface area contributed by atoms with Gasteiger partial charge in [-0.15, -0.1) is 0 Å². The number of rotatable bonds is 7. The van der Waals surface area contributed by atoms with Gasteiger partial charge in [-0.3, -0.25) is 9.59 Å². The molecule has 1 unspecified atom stereocenters. The summed E-state index contributed by atoms with van der Waals surface area (Å²) >= 11 is 0. The first-order valence-electron chi connectivity index (χ1n) is 6.25. The molecule has 0 aliphatic heterocycles. The summed E-state index contributed by atoms with van der Waals surface area (Å²) in [6.07, 6.45) is 0. The molecule has 0 fully saturated rings. The number of carbonyl (C=O) groups is 2. The largest absolute Gasteiger partial charge is 0.481 e. The molecule has 0 saturated heterocycles. The van der Waals surface area contributed by atoms with E-state index < -0.39 is 34.4 Å². The lowest BCUT2D eigenvalue weighted by molar-refractivity contribution is -0.142. The van der Waals surface area contributed by atoms with Crippen LogP contribution in [-0.4, -0.2) is 50.4 Å². The number of amides is 1. The third kappa shape index (κ3) is 5.16. The summed E-state index contributed by atoms with van der Waals surface area (Å²) in [4.78, 5) is 23.8. The summed E-state index contributed by atoms with van der Waals surface area (Å²) in [5.41, 5.74) is 0. The van der Waals surface area contributed by atoms with Crippen LogP contribution in [0.1, 0.15) is 6.92 Å². The second-order valence-electron chi connectivity index (χ2n) is 4.65. The van der Waals surface area contributed by atoms with E-state index in [1.807, 2.05) is 0 Å². The van der Waals surface area contributed by atoms with E-state index in [0.29, 0.717) is 0 Å². The molecule has 1 aromatic rings. The third-order valence-electron chi connectivity index (χ3n) is 2.86. The predicted molar refractivity (Wildman–Crippen MR) is 76.1 cm³/mol. The highest BCUT2D eigenvalue weighted by Crippen LogP contribution is 2.06. The molecule has 0 spiro atoms. The third-order valence-corrected chi connectivity index (χ3v) is 4.28.